The van der Waals surface area contributed by atoms with Crippen LogP contribution in [0.4, 0.5) is 22.0 Å². The summed E-state index contributed by atoms with van der Waals surface area (Å²) in [5.41, 5.74) is -0.871. The lowest BCUT2D eigenvalue weighted by molar-refractivity contribution is 0.359. The minimum Gasteiger partial charge on any atom is -0.313 e. The monoisotopic (exact) mass is 251 g/mol. The molecule has 1 atom stereocenters. The van der Waals surface area contributed by atoms with Crippen molar-refractivity contribution in [2.24, 2.45) is 0 Å². The Hall–Kier alpha value is -1.43. The van der Waals surface area contributed by atoms with E-state index in [1.165, 1.54) is 13.1 Å². The third kappa shape index (κ3) is 2.31. The molecule has 0 heterocycles. The van der Waals surface area contributed by atoms with Gasteiger partial charge in [0.1, 0.15) is 0 Å². The van der Waals surface area contributed by atoms with Gasteiger partial charge in [-0.05, 0) is 13.5 Å². The van der Waals surface area contributed by atoms with E-state index in [1.807, 2.05) is 0 Å². The lowest BCUT2D eigenvalue weighted by Gasteiger charge is -2.17. The van der Waals surface area contributed by atoms with E-state index in [4.69, 9.17) is 0 Å². The largest absolute Gasteiger partial charge is 0.313 e. The van der Waals surface area contributed by atoms with Crippen LogP contribution in [0.5, 0.6) is 0 Å². The Morgan fingerprint density at radius 1 is 1.00 bits per heavy atom. The summed E-state index contributed by atoms with van der Waals surface area (Å²) >= 11 is 0. The van der Waals surface area contributed by atoms with Crippen LogP contribution in [0.25, 0.3) is 0 Å². The van der Waals surface area contributed by atoms with Crippen molar-refractivity contribution in [2.45, 2.75) is 12.5 Å². The Labute approximate surface area is 94.9 Å². The second kappa shape index (κ2) is 5.27. The summed E-state index contributed by atoms with van der Waals surface area (Å²) in [5, 5.41) is 2.47. The zero-order valence-electron chi connectivity index (χ0n) is 8.96. The van der Waals surface area contributed by atoms with Crippen LogP contribution in [-0.4, -0.2) is 7.05 Å². The fourth-order valence-corrected chi connectivity index (χ4v) is 1.47. The van der Waals surface area contributed by atoms with E-state index in [9.17, 15) is 22.0 Å². The third-order valence-corrected chi connectivity index (χ3v) is 2.34. The molecule has 1 unspecified atom stereocenters. The van der Waals surface area contributed by atoms with Crippen LogP contribution in [0.3, 0.4) is 0 Å². The van der Waals surface area contributed by atoms with Crippen LogP contribution in [-0.2, 0) is 0 Å². The predicted molar refractivity (Wildman–Crippen MR) is 52.8 cm³/mol. The van der Waals surface area contributed by atoms with Crippen molar-refractivity contribution in [1.29, 1.82) is 0 Å². The Balaban J connectivity index is 3.46. The lowest BCUT2D eigenvalue weighted by atomic mass is 10.0. The number of rotatable bonds is 4. The SMILES string of the molecule is C=CCC(NC)c1c(F)c(F)c(F)c(F)c1F. The van der Waals surface area contributed by atoms with Crippen LogP contribution < -0.4 is 5.32 Å². The van der Waals surface area contributed by atoms with E-state index >= 15 is 0 Å². The molecule has 1 nitrogen and oxygen atoms in total. The molecular weight excluding hydrogens is 241 g/mol. The molecule has 1 N–H and O–H groups in total. The zero-order chi connectivity index (χ0) is 13.2. The van der Waals surface area contributed by atoms with Crippen molar-refractivity contribution >= 4 is 0 Å². The quantitative estimate of drug-likeness (QED) is 0.375. The first-order chi connectivity index (χ1) is 7.95. The van der Waals surface area contributed by atoms with Gasteiger partial charge in [0.05, 0.1) is 0 Å². The fourth-order valence-electron chi connectivity index (χ4n) is 1.47. The summed E-state index contributed by atoms with van der Waals surface area (Å²) in [7, 11) is 1.35. The first kappa shape index (κ1) is 13.6. The number of nitrogens with one attached hydrogen (secondary N) is 1. The summed E-state index contributed by atoms with van der Waals surface area (Å²) in [6.07, 6.45) is 1.36. The van der Waals surface area contributed by atoms with Gasteiger partial charge in [0.15, 0.2) is 23.3 Å². The van der Waals surface area contributed by atoms with E-state index in [-0.39, 0.29) is 6.42 Å². The highest BCUT2D eigenvalue weighted by Gasteiger charge is 2.29. The number of halogens is 5. The van der Waals surface area contributed by atoms with Crippen molar-refractivity contribution in [3.63, 3.8) is 0 Å². The van der Waals surface area contributed by atoms with Gasteiger partial charge in [0, 0.05) is 11.6 Å². The first-order valence-corrected chi connectivity index (χ1v) is 4.75. The highest BCUT2D eigenvalue weighted by Crippen LogP contribution is 2.29. The number of benzene rings is 1. The second-order valence-electron chi connectivity index (χ2n) is 3.35. The summed E-state index contributed by atoms with van der Waals surface area (Å²) < 4.78 is 65.4. The van der Waals surface area contributed by atoms with Crippen molar-refractivity contribution in [2.75, 3.05) is 7.05 Å². The third-order valence-electron chi connectivity index (χ3n) is 2.34. The highest BCUT2D eigenvalue weighted by molar-refractivity contribution is 5.27. The minimum absolute atomic E-state index is 0.0366. The van der Waals surface area contributed by atoms with Crippen LogP contribution in [0.15, 0.2) is 12.7 Å². The van der Waals surface area contributed by atoms with Gasteiger partial charge < -0.3 is 5.32 Å². The maximum atomic E-state index is 13.4. The van der Waals surface area contributed by atoms with Crippen LogP contribution in [0.2, 0.25) is 0 Å². The molecule has 0 amide bonds. The number of hydrogen-bond donors (Lipinski definition) is 1. The second-order valence-corrected chi connectivity index (χ2v) is 3.35. The van der Waals surface area contributed by atoms with E-state index in [0.717, 1.165) is 0 Å². The van der Waals surface area contributed by atoms with Crippen molar-refractivity contribution in [3.05, 3.63) is 47.3 Å². The standard InChI is InChI=1S/C11H10F5N/c1-3-4-5(17-2)6-7(12)9(14)11(16)10(15)8(6)13/h3,5,17H,1,4H2,2H3. The molecule has 0 bridgehead atoms. The summed E-state index contributed by atoms with van der Waals surface area (Å²) in [6, 6.07) is -1.02. The molecule has 0 saturated heterocycles. The molecule has 0 aromatic heterocycles. The van der Waals surface area contributed by atoms with Gasteiger partial charge in [-0.25, -0.2) is 22.0 Å². The highest BCUT2D eigenvalue weighted by atomic mass is 19.2. The molecule has 1 aromatic rings. The summed E-state index contributed by atoms with van der Waals surface area (Å²) in [4.78, 5) is 0. The molecule has 6 heteroatoms. The Kier molecular flexibility index (Phi) is 4.22. The number of hydrogen-bond acceptors (Lipinski definition) is 1. The van der Waals surface area contributed by atoms with E-state index < -0.39 is 40.7 Å². The van der Waals surface area contributed by atoms with Crippen molar-refractivity contribution < 1.29 is 22.0 Å². The van der Waals surface area contributed by atoms with Gasteiger partial charge in [-0.15, -0.1) is 6.58 Å². The molecule has 94 valence electrons. The zero-order valence-corrected chi connectivity index (χ0v) is 8.96. The van der Waals surface area contributed by atoms with Crippen LogP contribution in [0.1, 0.15) is 18.0 Å². The normalized spacial score (nSPS) is 12.6. The maximum Gasteiger partial charge on any atom is 0.200 e. The molecule has 0 aliphatic heterocycles. The predicted octanol–water partition coefficient (Wildman–Crippen LogP) is 3.22. The van der Waals surface area contributed by atoms with E-state index in [1.54, 1.807) is 0 Å². The van der Waals surface area contributed by atoms with Gasteiger partial charge in [0.2, 0.25) is 5.82 Å². The van der Waals surface area contributed by atoms with Gasteiger partial charge in [-0.1, -0.05) is 6.08 Å². The van der Waals surface area contributed by atoms with Gasteiger partial charge >= 0.3 is 0 Å². The fraction of sp³-hybridized carbons (Fsp3) is 0.273. The molecule has 0 aliphatic carbocycles. The maximum absolute atomic E-state index is 13.4. The molecule has 0 aliphatic rings. The minimum atomic E-state index is -2.16. The van der Waals surface area contributed by atoms with E-state index in [2.05, 4.69) is 11.9 Å². The lowest BCUT2D eigenvalue weighted by Crippen LogP contribution is -2.21. The average molecular weight is 251 g/mol. The molecule has 0 spiro atoms. The van der Waals surface area contributed by atoms with Gasteiger partial charge in [-0.3, -0.25) is 0 Å². The average Bonchev–Trinajstić information content (AvgIpc) is 2.33. The Bertz CT molecular complexity index is 415. The molecule has 1 rings (SSSR count). The van der Waals surface area contributed by atoms with Gasteiger partial charge in [-0.2, -0.15) is 0 Å². The molecule has 17 heavy (non-hydrogen) atoms. The van der Waals surface area contributed by atoms with Crippen molar-refractivity contribution in [1.82, 2.24) is 5.32 Å². The summed E-state index contributed by atoms with van der Waals surface area (Å²) in [6.45, 7) is 3.35. The first-order valence-electron chi connectivity index (χ1n) is 4.75. The topological polar surface area (TPSA) is 12.0 Å². The molecule has 0 radical (unpaired) electrons. The molecule has 0 saturated carbocycles. The molecular formula is C11H10F5N. The van der Waals surface area contributed by atoms with Gasteiger partial charge in [0.25, 0.3) is 0 Å². The van der Waals surface area contributed by atoms with Crippen LogP contribution in [0, 0.1) is 29.1 Å². The Morgan fingerprint density at radius 2 is 1.41 bits per heavy atom. The van der Waals surface area contributed by atoms with E-state index in [0.29, 0.717) is 0 Å². The van der Waals surface area contributed by atoms with Crippen LogP contribution >= 0.6 is 0 Å². The van der Waals surface area contributed by atoms with Crippen molar-refractivity contribution in [3.8, 4) is 0 Å². The molecule has 0 fully saturated rings. The summed E-state index contributed by atoms with van der Waals surface area (Å²) in [5.74, 6) is -9.67. The smallest absolute Gasteiger partial charge is 0.200 e. The molecule has 1 aromatic carbocycles. The Morgan fingerprint density at radius 3 is 1.76 bits per heavy atom.